The highest BCUT2D eigenvalue weighted by Crippen LogP contribution is 2.33. The van der Waals surface area contributed by atoms with E-state index in [4.69, 9.17) is 5.11 Å². The van der Waals surface area contributed by atoms with Crippen molar-refractivity contribution in [1.29, 1.82) is 0 Å². The lowest BCUT2D eigenvalue weighted by molar-refractivity contribution is -0.142. The van der Waals surface area contributed by atoms with Gasteiger partial charge in [-0.25, -0.2) is 0 Å². The molecule has 1 aromatic heterocycles. The third-order valence-electron chi connectivity index (χ3n) is 2.97. The topological polar surface area (TPSA) is 80.9 Å². The van der Waals surface area contributed by atoms with Crippen LogP contribution in [0.1, 0.15) is 25.1 Å². The minimum Gasteiger partial charge on any atom is -0.481 e. The first-order chi connectivity index (χ1) is 7.16. The van der Waals surface area contributed by atoms with Crippen LogP contribution in [-0.4, -0.2) is 31.3 Å². The first-order valence-corrected chi connectivity index (χ1v) is 5.12. The number of nitrogens with zero attached hydrogens (tertiary/aromatic N) is 4. The highest BCUT2D eigenvalue weighted by atomic mass is 16.4. The minimum atomic E-state index is -0.693. The zero-order valence-electron chi connectivity index (χ0n) is 8.63. The van der Waals surface area contributed by atoms with Gasteiger partial charge in [0.25, 0.3) is 0 Å². The van der Waals surface area contributed by atoms with E-state index in [0.717, 1.165) is 19.3 Å². The average molecular weight is 210 g/mol. The van der Waals surface area contributed by atoms with Crippen molar-refractivity contribution < 1.29 is 9.90 Å². The van der Waals surface area contributed by atoms with Crippen LogP contribution in [0.5, 0.6) is 0 Å². The first kappa shape index (κ1) is 10.1. The molecule has 2 unspecified atom stereocenters. The first-order valence-electron chi connectivity index (χ1n) is 5.12. The van der Waals surface area contributed by atoms with E-state index in [1.807, 2.05) is 0 Å². The summed E-state index contributed by atoms with van der Waals surface area (Å²) in [5.74, 6) is -0.0995. The second kappa shape index (κ2) is 3.96. The number of tetrazole rings is 1. The third kappa shape index (κ3) is 2.14. The van der Waals surface area contributed by atoms with Crippen LogP contribution in [0.15, 0.2) is 0 Å². The Kier molecular flexibility index (Phi) is 2.66. The Morgan fingerprint density at radius 1 is 1.60 bits per heavy atom. The number of hydrogen-bond donors (Lipinski definition) is 1. The summed E-state index contributed by atoms with van der Waals surface area (Å²) in [5.41, 5.74) is 0. The molecular weight excluding hydrogens is 196 g/mol. The van der Waals surface area contributed by atoms with Gasteiger partial charge in [0.05, 0.1) is 13.0 Å². The molecule has 1 aromatic rings. The van der Waals surface area contributed by atoms with Crippen LogP contribution in [0.3, 0.4) is 0 Å². The van der Waals surface area contributed by atoms with Gasteiger partial charge < -0.3 is 5.11 Å². The Labute approximate surface area is 87.3 Å². The van der Waals surface area contributed by atoms with Gasteiger partial charge in [-0.1, -0.05) is 6.42 Å². The van der Waals surface area contributed by atoms with Gasteiger partial charge >= 0.3 is 5.97 Å². The smallest absolute Gasteiger partial charge is 0.306 e. The Bertz CT molecular complexity index is 363. The van der Waals surface area contributed by atoms with Crippen molar-refractivity contribution in [3.05, 3.63) is 5.82 Å². The molecule has 15 heavy (non-hydrogen) atoms. The molecule has 0 aliphatic heterocycles. The molecule has 0 bridgehead atoms. The predicted octanol–water partition coefficient (Wildman–Crippen LogP) is 0.254. The molecule has 2 atom stereocenters. The lowest BCUT2D eigenvalue weighted by Crippen LogP contribution is -2.20. The number of rotatable bonds is 3. The summed E-state index contributed by atoms with van der Waals surface area (Å²) in [4.78, 5) is 12.3. The molecule has 2 rings (SSSR count). The molecule has 0 amide bonds. The minimum absolute atomic E-state index is 0.173. The summed E-state index contributed by atoms with van der Waals surface area (Å²) in [6.45, 7) is 0. The zero-order chi connectivity index (χ0) is 10.8. The lowest BCUT2D eigenvalue weighted by atomic mass is 9.93. The molecule has 0 aromatic carbocycles. The van der Waals surface area contributed by atoms with E-state index in [-0.39, 0.29) is 11.8 Å². The third-order valence-corrected chi connectivity index (χ3v) is 2.97. The molecule has 0 radical (unpaired) electrons. The summed E-state index contributed by atoms with van der Waals surface area (Å²) in [5, 5.41) is 20.7. The van der Waals surface area contributed by atoms with Gasteiger partial charge in [0.1, 0.15) is 0 Å². The van der Waals surface area contributed by atoms with E-state index in [1.165, 1.54) is 4.80 Å². The van der Waals surface area contributed by atoms with E-state index in [9.17, 15) is 4.79 Å². The summed E-state index contributed by atoms with van der Waals surface area (Å²) >= 11 is 0. The molecule has 1 N–H and O–H groups in total. The molecule has 1 aliphatic rings. The second-order valence-corrected chi connectivity index (χ2v) is 4.03. The van der Waals surface area contributed by atoms with Crippen molar-refractivity contribution in [3.8, 4) is 0 Å². The van der Waals surface area contributed by atoms with Crippen molar-refractivity contribution in [3.63, 3.8) is 0 Å². The van der Waals surface area contributed by atoms with Crippen molar-refractivity contribution in [1.82, 2.24) is 20.2 Å². The van der Waals surface area contributed by atoms with Crippen molar-refractivity contribution in [2.75, 3.05) is 0 Å². The van der Waals surface area contributed by atoms with Gasteiger partial charge in [-0.3, -0.25) is 4.79 Å². The van der Waals surface area contributed by atoms with Crippen LogP contribution in [0, 0.1) is 11.8 Å². The van der Waals surface area contributed by atoms with Crippen LogP contribution >= 0.6 is 0 Å². The lowest BCUT2D eigenvalue weighted by Gasteiger charge is -2.12. The maximum absolute atomic E-state index is 10.9. The Morgan fingerprint density at radius 2 is 2.40 bits per heavy atom. The van der Waals surface area contributed by atoms with Gasteiger partial charge in [0, 0.05) is 6.42 Å². The molecular formula is C9H14N4O2. The van der Waals surface area contributed by atoms with Crippen LogP contribution in [0.2, 0.25) is 0 Å². The molecule has 6 heteroatoms. The maximum Gasteiger partial charge on any atom is 0.306 e. The van der Waals surface area contributed by atoms with E-state index in [1.54, 1.807) is 7.05 Å². The number of carboxylic acid groups (broad SMARTS) is 1. The average Bonchev–Trinajstić information content (AvgIpc) is 2.75. The number of carbonyl (C=O) groups is 1. The van der Waals surface area contributed by atoms with Gasteiger partial charge in [-0.2, -0.15) is 4.80 Å². The summed E-state index contributed by atoms with van der Waals surface area (Å²) in [6, 6.07) is 0. The summed E-state index contributed by atoms with van der Waals surface area (Å²) in [6.07, 6.45) is 3.35. The maximum atomic E-state index is 10.9. The highest BCUT2D eigenvalue weighted by molar-refractivity contribution is 5.70. The Morgan fingerprint density at radius 3 is 3.00 bits per heavy atom. The van der Waals surface area contributed by atoms with Crippen LogP contribution < -0.4 is 0 Å². The fourth-order valence-corrected chi connectivity index (χ4v) is 2.25. The van der Waals surface area contributed by atoms with E-state index in [0.29, 0.717) is 12.2 Å². The summed E-state index contributed by atoms with van der Waals surface area (Å²) < 4.78 is 0. The molecule has 0 saturated heterocycles. The fourth-order valence-electron chi connectivity index (χ4n) is 2.25. The van der Waals surface area contributed by atoms with Gasteiger partial charge in [-0.05, 0) is 24.0 Å². The quantitative estimate of drug-likeness (QED) is 0.773. The molecule has 0 spiro atoms. The van der Waals surface area contributed by atoms with Gasteiger partial charge in [0.2, 0.25) is 0 Å². The SMILES string of the molecule is Cn1nnc(CC2CCCC2C(=O)O)n1. The van der Waals surface area contributed by atoms with E-state index < -0.39 is 5.97 Å². The zero-order valence-corrected chi connectivity index (χ0v) is 8.63. The standard InChI is InChI=1S/C9H14N4O2/c1-13-11-8(10-12-13)5-6-3-2-4-7(6)9(14)15/h6-7H,2-5H2,1H3,(H,14,15). The van der Waals surface area contributed by atoms with Crippen LogP contribution in [-0.2, 0) is 18.3 Å². The van der Waals surface area contributed by atoms with Crippen LogP contribution in [0.25, 0.3) is 0 Å². The fraction of sp³-hybridized carbons (Fsp3) is 0.778. The molecule has 1 saturated carbocycles. The second-order valence-electron chi connectivity index (χ2n) is 4.03. The van der Waals surface area contributed by atoms with Crippen molar-refractivity contribution in [2.24, 2.45) is 18.9 Å². The van der Waals surface area contributed by atoms with Gasteiger partial charge in [0.15, 0.2) is 5.82 Å². The Balaban J connectivity index is 2.02. The molecule has 6 nitrogen and oxygen atoms in total. The molecule has 1 fully saturated rings. The van der Waals surface area contributed by atoms with Gasteiger partial charge in [-0.15, -0.1) is 10.2 Å². The Hall–Kier alpha value is -1.46. The number of aromatic nitrogens is 4. The van der Waals surface area contributed by atoms with Crippen molar-refractivity contribution >= 4 is 5.97 Å². The number of aryl methyl sites for hydroxylation is 1. The molecule has 1 aliphatic carbocycles. The normalized spacial score (nSPS) is 25.7. The largest absolute Gasteiger partial charge is 0.481 e. The van der Waals surface area contributed by atoms with Crippen molar-refractivity contribution in [2.45, 2.75) is 25.7 Å². The highest BCUT2D eigenvalue weighted by Gasteiger charge is 2.33. The van der Waals surface area contributed by atoms with Crippen LogP contribution in [0.4, 0.5) is 0 Å². The molecule has 82 valence electrons. The number of aliphatic carboxylic acids is 1. The summed E-state index contributed by atoms with van der Waals surface area (Å²) in [7, 11) is 1.71. The van der Waals surface area contributed by atoms with E-state index >= 15 is 0 Å². The number of carboxylic acids is 1. The monoisotopic (exact) mass is 210 g/mol. The van der Waals surface area contributed by atoms with E-state index in [2.05, 4.69) is 15.4 Å². The number of hydrogen-bond acceptors (Lipinski definition) is 4. The molecule has 1 heterocycles. The predicted molar refractivity (Wildman–Crippen MR) is 51.0 cm³/mol.